The first-order valence-corrected chi connectivity index (χ1v) is 10.9. The SMILES string of the molecule is COc1ccc(OCc2ccccc2)cc1C(=O)c1cc(OCc2ccccc2)ccc1OC. The molecule has 0 saturated heterocycles. The fourth-order valence-corrected chi connectivity index (χ4v) is 3.54. The molecule has 0 fully saturated rings. The van der Waals surface area contributed by atoms with Crippen molar-refractivity contribution in [2.24, 2.45) is 0 Å². The molecule has 0 unspecified atom stereocenters. The van der Waals surface area contributed by atoms with E-state index in [0.717, 1.165) is 11.1 Å². The van der Waals surface area contributed by atoms with E-state index in [1.807, 2.05) is 60.7 Å². The summed E-state index contributed by atoms with van der Waals surface area (Å²) in [5.41, 5.74) is 2.84. The number of rotatable bonds is 10. The van der Waals surface area contributed by atoms with E-state index in [4.69, 9.17) is 18.9 Å². The van der Waals surface area contributed by atoms with Crippen LogP contribution in [-0.2, 0) is 13.2 Å². The molecule has 5 heteroatoms. The van der Waals surface area contributed by atoms with Gasteiger partial charge in [0.25, 0.3) is 0 Å². The Morgan fingerprint density at radius 2 is 1.00 bits per heavy atom. The van der Waals surface area contributed by atoms with Crippen LogP contribution in [0.2, 0.25) is 0 Å². The third kappa shape index (κ3) is 5.56. The number of carbonyl (C=O) groups excluding carboxylic acids is 1. The molecule has 0 amide bonds. The van der Waals surface area contributed by atoms with Crippen LogP contribution < -0.4 is 18.9 Å². The molecular weight excluding hydrogens is 428 g/mol. The largest absolute Gasteiger partial charge is 0.496 e. The quantitative estimate of drug-likeness (QED) is 0.271. The van der Waals surface area contributed by atoms with Crippen molar-refractivity contribution in [1.82, 2.24) is 0 Å². The van der Waals surface area contributed by atoms with Gasteiger partial charge in [-0.2, -0.15) is 0 Å². The highest BCUT2D eigenvalue weighted by atomic mass is 16.5. The Bertz CT molecular complexity index is 1140. The molecule has 0 aliphatic heterocycles. The first-order chi connectivity index (χ1) is 16.7. The van der Waals surface area contributed by atoms with Crippen molar-refractivity contribution in [1.29, 1.82) is 0 Å². The molecular formula is C29H26O5. The van der Waals surface area contributed by atoms with E-state index in [-0.39, 0.29) is 5.78 Å². The molecule has 0 spiro atoms. The number of hydrogen-bond acceptors (Lipinski definition) is 5. The van der Waals surface area contributed by atoms with Crippen LogP contribution in [0.4, 0.5) is 0 Å². The molecule has 5 nitrogen and oxygen atoms in total. The van der Waals surface area contributed by atoms with Gasteiger partial charge in [-0.05, 0) is 47.5 Å². The number of ether oxygens (including phenoxy) is 4. The van der Waals surface area contributed by atoms with Gasteiger partial charge >= 0.3 is 0 Å². The molecule has 172 valence electrons. The van der Waals surface area contributed by atoms with Gasteiger partial charge in [-0.3, -0.25) is 4.79 Å². The summed E-state index contributed by atoms with van der Waals surface area (Å²) >= 11 is 0. The average Bonchev–Trinajstić information content (AvgIpc) is 2.91. The Labute approximate surface area is 199 Å². The van der Waals surface area contributed by atoms with E-state index < -0.39 is 0 Å². The van der Waals surface area contributed by atoms with E-state index in [1.54, 1.807) is 36.4 Å². The van der Waals surface area contributed by atoms with Gasteiger partial charge in [0, 0.05) is 0 Å². The van der Waals surface area contributed by atoms with Crippen molar-refractivity contribution in [2.45, 2.75) is 13.2 Å². The maximum absolute atomic E-state index is 13.6. The lowest BCUT2D eigenvalue weighted by Crippen LogP contribution is -2.08. The van der Waals surface area contributed by atoms with Gasteiger partial charge in [0.15, 0.2) is 0 Å². The number of benzene rings is 4. The number of hydrogen-bond donors (Lipinski definition) is 0. The van der Waals surface area contributed by atoms with E-state index >= 15 is 0 Å². The molecule has 0 atom stereocenters. The lowest BCUT2D eigenvalue weighted by molar-refractivity contribution is 0.103. The second-order valence-corrected chi connectivity index (χ2v) is 7.60. The van der Waals surface area contributed by atoms with E-state index in [1.165, 1.54) is 14.2 Å². The van der Waals surface area contributed by atoms with Crippen LogP contribution in [0.1, 0.15) is 27.0 Å². The molecule has 4 aromatic rings. The maximum Gasteiger partial charge on any atom is 0.200 e. The molecule has 0 bridgehead atoms. The smallest absolute Gasteiger partial charge is 0.200 e. The van der Waals surface area contributed by atoms with E-state index in [0.29, 0.717) is 47.3 Å². The topological polar surface area (TPSA) is 54.0 Å². The monoisotopic (exact) mass is 454 g/mol. The molecule has 0 aliphatic carbocycles. The van der Waals surface area contributed by atoms with Crippen LogP contribution in [0.15, 0.2) is 97.1 Å². The predicted octanol–water partition coefficient (Wildman–Crippen LogP) is 6.09. The highest BCUT2D eigenvalue weighted by Gasteiger charge is 2.20. The van der Waals surface area contributed by atoms with Crippen LogP contribution in [0, 0.1) is 0 Å². The van der Waals surface area contributed by atoms with Gasteiger partial charge in [-0.15, -0.1) is 0 Å². The van der Waals surface area contributed by atoms with Gasteiger partial charge in [0.1, 0.15) is 36.2 Å². The highest BCUT2D eigenvalue weighted by molar-refractivity contribution is 6.12. The fourth-order valence-electron chi connectivity index (χ4n) is 3.54. The molecule has 4 aromatic carbocycles. The average molecular weight is 455 g/mol. The first-order valence-electron chi connectivity index (χ1n) is 10.9. The Kier molecular flexibility index (Phi) is 7.45. The number of methoxy groups -OCH3 is 2. The third-order valence-corrected chi connectivity index (χ3v) is 5.33. The summed E-state index contributed by atoms with van der Waals surface area (Å²) in [4.78, 5) is 13.6. The van der Waals surface area contributed by atoms with Crippen molar-refractivity contribution in [2.75, 3.05) is 14.2 Å². The fraction of sp³-hybridized carbons (Fsp3) is 0.138. The van der Waals surface area contributed by atoms with Gasteiger partial charge in [-0.1, -0.05) is 60.7 Å². The molecule has 0 aliphatic rings. The normalized spacial score (nSPS) is 10.4. The molecule has 0 aromatic heterocycles. The molecule has 4 rings (SSSR count). The summed E-state index contributed by atoms with van der Waals surface area (Å²) in [6.45, 7) is 0.792. The maximum atomic E-state index is 13.6. The Hall–Kier alpha value is -4.25. The zero-order chi connectivity index (χ0) is 23.8. The van der Waals surface area contributed by atoms with Crippen molar-refractivity contribution < 1.29 is 23.7 Å². The van der Waals surface area contributed by atoms with E-state index in [2.05, 4.69) is 0 Å². The summed E-state index contributed by atoms with van der Waals surface area (Å²) in [7, 11) is 3.07. The number of carbonyl (C=O) groups is 1. The third-order valence-electron chi connectivity index (χ3n) is 5.33. The Morgan fingerprint density at radius 3 is 1.38 bits per heavy atom. The zero-order valence-corrected chi connectivity index (χ0v) is 19.2. The second kappa shape index (κ2) is 11.1. The molecule has 34 heavy (non-hydrogen) atoms. The Balaban J connectivity index is 1.58. The van der Waals surface area contributed by atoms with Crippen LogP contribution in [0.3, 0.4) is 0 Å². The van der Waals surface area contributed by atoms with Crippen LogP contribution in [0.5, 0.6) is 23.0 Å². The number of ketones is 1. The summed E-state index contributed by atoms with van der Waals surface area (Å²) in [6, 6.07) is 30.1. The Morgan fingerprint density at radius 1 is 0.588 bits per heavy atom. The minimum atomic E-state index is -0.246. The first kappa shape index (κ1) is 22.9. The summed E-state index contributed by atoms with van der Waals surface area (Å²) in [6.07, 6.45) is 0. The minimum absolute atomic E-state index is 0.246. The summed E-state index contributed by atoms with van der Waals surface area (Å²) in [5.74, 6) is 1.81. The molecule has 0 heterocycles. The highest BCUT2D eigenvalue weighted by Crippen LogP contribution is 2.32. The standard InChI is InChI=1S/C29H26O5/c1-31-27-15-13-23(33-19-21-9-5-3-6-10-21)17-25(27)29(30)26-18-24(14-16-28(26)32-2)34-20-22-11-7-4-8-12-22/h3-18H,19-20H2,1-2H3. The second-order valence-electron chi connectivity index (χ2n) is 7.60. The van der Waals surface area contributed by atoms with Crippen LogP contribution in [-0.4, -0.2) is 20.0 Å². The van der Waals surface area contributed by atoms with Gasteiger partial charge in [0.05, 0.1) is 25.3 Å². The molecule has 0 N–H and O–H groups in total. The lowest BCUT2D eigenvalue weighted by Gasteiger charge is -2.14. The van der Waals surface area contributed by atoms with Gasteiger partial charge in [0.2, 0.25) is 5.78 Å². The van der Waals surface area contributed by atoms with E-state index in [9.17, 15) is 4.79 Å². The van der Waals surface area contributed by atoms with Crippen molar-refractivity contribution in [3.05, 3.63) is 119 Å². The van der Waals surface area contributed by atoms with Gasteiger partial charge < -0.3 is 18.9 Å². The zero-order valence-electron chi connectivity index (χ0n) is 19.2. The predicted molar refractivity (Wildman–Crippen MR) is 131 cm³/mol. The van der Waals surface area contributed by atoms with Crippen molar-refractivity contribution in [3.63, 3.8) is 0 Å². The summed E-state index contributed by atoms with van der Waals surface area (Å²) < 4.78 is 22.8. The summed E-state index contributed by atoms with van der Waals surface area (Å²) in [5, 5.41) is 0. The molecule has 0 radical (unpaired) electrons. The minimum Gasteiger partial charge on any atom is -0.496 e. The van der Waals surface area contributed by atoms with Crippen molar-refractivity contribution >= 4 is 5.78 Å². The lowest BCUT2D eigenvalue weighted by atomic mass is 10.0. The molecule has 0 saturated carbocycles. The van der Waals surface area contributed by atoms with Gasteiger partial charge in [-0.25, -0.2) is 0 Å². The van der Waals surface area contributed by atoms with Crippen molar-refractivity contribution in [3.8, 4) is 23.0 Å². The van der Waals surface area contributed by atoms with Crippen LogP contribution >= 0.6 is 0 Å². The van der Waals surface area contributed by atoms with Crippen LogP contribution in [0.25, 0.3) is 0 Å².